The highest BCUT2D eigenvalue weighted by molar-refractivity contribution is 5.30. The van der Waals surface area contributed by atoms with Crippen molar-refractivity contribution in [3.8, 4) is 6.07 Å². The predicted molar refractivity (Wildman–Crippen MR) is 83.5 cm³/mol. The van der Waals surface area contributed by atoms with E-state index in [1.165, 1.54) is 11.1 Å². The van der Waals surface area contributed by atoms with Crippen LogP contribution in [0.2, 0.25) is 0 Å². The van der Waals surface area contributed by atoms with Crippen LogP contribution in [0.15, 0.2) is 24.3 Å². The summed E-state index contributed by atoms with van der Waals surface area (Å²) in [5, 5.41) is 13.2. The molecule has 1 fully saturated rings. The molecule has 0 radical (unpaired) electrons. The topological polar surface area (TPSA) is 35.8 Å². The van der Waals surface area contributed by atoms with Crippen molar-refractivity contribution in [1.29, 1.82) is 5.26 Å². The van der Waals surface area contributed by atoms with E-state index in [2.05, 4.69) is 63.3 Å². The van der Waals surface area contributed by atoms with Crippen LogP contribution in [-0.4, -0.2) is 12.6 Å². The van der Waals surface area contributed by atoms with Gasteiger partial charge in [0, 0.05) is 18.5 Å². The number of aryl methyl sites for hydroxylation is 1. The van der Waals surface area contributed by atoms with Crippen molar-refractivity contribution < 1.29 is 0 Å². The first-order valence-corrected chi connectivity index (χ1v) is 7.66. The molecule has 1 aliphatic rings. The third-order valence-corrected chi connectivity index (χ3v) is 4.24. The molecule has 2 heteroatoms. The van der Waals surface area contributed by atoms with E-state index in [4.69, 9.17) is 0 Å². The van der Waals surface area contributed by atoms with Crippen molar-refractivity contribution in [2.75, 3.05) is 6.54 Å². The SMILES string of the molecule is CCc1cccc(C2CNC(CC(C)(C)C)C2C#N)c1. The second-order valence-corrected chi connectivity index (χ2v) is 7.14. The minimum Gasteiger partial charge on any atom is -0.312 e. The van der Waals surface area contributed by atoms with Crippen molar-refractivity contribution in [3.63, 3.8) is 0 Å². The summed E-state index contributed by atoms with van der Waals surface area (Å²) in [7, 11) is 0. The molecule has 1 aromatic rings. The summed E-state index contributed by atoms with van der Waals surface area (Å²) in [6.07, 6.45) is 2.10. The molecule has 0 aromatic heterocycles. The van der Waals surface area contributed by atoms with Gasteiger partial charge in [0.05, 0.1) is 12.0 Å². The molecule has 3 unspecified atom stereocenters. The second-order valence-electron chi connectivity index (χ2n) is 7.14. The zero-order chi connectivity index (χ0) is 14.8. The van der Waals surface area contributed by atoms with E-state index in [1.54, 1.807) is 0 Å². The van der Waals surface area contributed by atoms with Gasteiger partial charge in [0.1, 0.15) is 0 Å². The lowest BCUT2D eigenvalue weighted by molar-refractivity contribution is 0.304. The Morgan fingerprint density at radius 1 is 1.35 bits per heavy atom. The van der Waals surface area contributed by atoms with Gasteiger partial charge in [0.2, 0.25) is 0 Å². The highest BCUT2D eigenvalue weighted by atomic mass is 15.0. The Labute approximate surface area is 123 Å². The summed E-state index contributed by atoms with van der Waals surface area (Å²) < 4.78 is 0. The van der Waals surface area contributed by atoms with Crippen LogP contribution in [0.4, 0.5) is 0 Å². The lowest BCUT2D eigenvalue weighted by atomic mass is 9.79. The minimum absolute atomic E-state index is 0.0846. The Hall–Kier alpha value is -1.33. The summed E-state index contributed by atoms with van der Waals surface area (Å²) in [4.78, 5) is 0. The zero-order valence-electron chi connectivity index (χ0n) is 13.1. The van der Waals surface area contributed by atoms with Crippen LogP contribution < -0.4 is 5.32 Å². The number of nitrogens with one attached hydrogen (secondary N) is 1. The molecule has 0 aliphatic carbocycles. The first-order chi connectivity index (χ1) is 9.44. The third-order valence-electron chi connectivity index (χ3n) is 4.24. The van der Waals surface area contributed by atoms with Gasteiger partial charge >= 0.3 is 0 Å². The van der Waals surface area contributed by atoms with E-state index in [0.717, 1.165) is 19.4 Å². The van der Waals surface area contributed by atoms with Crippen molar-refractivity contribution in [3.05, 3.63) is 35.4 Å². The Morgan fingerprint density at radius 3 is 2.70 bits per heavy atom. The summed E-state index contributed by atoms with van der Waals surface area (Å²) >= 11 is 0. The molecule has 0 spiro atoms. The van der Waals surface area contributed by atoms with Gasteiger partial charge in [-0.15, -0.1) is 0 Å². The zero-order valence-corrected chi connectivity index (χ0v) is 13.1. The monoisotopic (exact) mass is 270 g/mol. The Morgan fingerprint density at radius 2 is 2.10 bits per heavy atom. The molecule has 1 N–H and O–H groups in total. The van der Waals surface area contributed by atoms with Crippen LogP contribution in [0.25, 0.3) is 0 Å². The highest BCUT2D eigenvalue weighted by Gasteiger charge is 2.38. The maximum absolute atomic E-state index is 9.60. The molecule has 0 amide bonds. The standard InChI is InChI=1S/C18H26N2/c1-5-13-7-6-8-14(9-13)16-12-20-17(15(16)11-19)10-18(2,3)4/h6-9,15-17,20H,5,10,12H2,1-4H3. The van der Waals surface area contributed by atoms with Crippen LogP contribution >= 0.6 is 0 Å². The molecule has 2 rings (SSSR count). The van der Waals surface area contributed by atoms with Gasteiger partial charge < -0.3 is 5.32 Å². The largest absolute Gasteiger partial charge is 0.312 e. The molecular weight excluding hydrogens is 244 g/mol. The van der Waals surface area contributed by atoms with Crippen LogP contribution in [0.3, 0.4) is 0 Å². The average Bonchev–Trinajstić information content (AvgIpc) is 2.79. The lowest BCUT2D eigenvalue weighted by Crippen LogP contribution is -2.31. The highest BCUT2D eigenvalue weighted by Crippen LogP contribution is 2.36. The van der Waals surface area contributed by atoms with Gasteiger partial charge in [0.25, 0.3) is 0 Å². The first-order valence-electron chi connectivity index (χ1n) is 7.66. The van der Waals surface area contributed by atoms with Crippen LogP contribution in [-0.2, 0) is 6.42 Å². The van der Waals surface area contributed by atoms with Crippen LogP contribution in [0, 0.1) is 22.7 Å². The normalized spacial score (nSPS) is 26.4. The molecule has 0 bridgehead atoms. The van der Waals surface area contributed by atoms with E-state index in [-0.39, 0.29) is 11.3 Å². The van der Waals surface area contributed by atoms with Crippen molar-refractivity contribution in [1.82, 2.24) is 5.32 Å². The maximum atomic E-state index is 9.60. The minimum atomic E-state index is 0.0846. The first kappa shape index (κ1) is 15.1. The summed E-state index contributed by atoms with van der Waals surface area (Å²) in [5.74, 6) is 0.417. The number of rotatable bonds is 3. The smallest absolute Gasteiger partial charge is 0.0697 e. The van der Waals surface area contributed by atoms with Crippen LogP contribution in [0.5, 0.6) is 0 Å². The average molecular weight is 270 g/mol. The Kier molecular flexibility index (Phi) is 4.50. The van der Waals surface area contributed by atoms with Gasteiger partial charge in [-0.1, -0.05) is 52.0 Å². The number of nitrogens with zero attached hydrogens (tertiary/aromatic N) is 1. The molecule has 1 aliphatic heterocycles. The number of nitriles is 1. The van der Waals surface area contributed by atoms with Gasteiger partial charge in [0.15, 0.2) is 0 Å². The van der Waals surface area contributed by atoms with Gasteiger partial charge in [-0.05, 0) is 29.4 Å². The van der Waals surface area contributed by atoms with Gasteiger partial charge in [-0.2, -0.15) is 5.26 Å². The fourth-order valence-electron chi connectivity index (χ4n) is 3.22. The fraction of sp³-hybridized carbons (Fsp3) is 0.611. The van der Waals surface area contributed by atoms with E-state index in [0.29, 0.717) is 12.0 Å². The van der Waals surface area contributed by atoms with Gasteiger partial charge in [-0.25, -0.2) is 0 Å². The van der Waals surface area contributed by atoms with Crippen LogP contribution in [0.1, 0.15) is 51.2 Å². The number of benzene rings is 1. The fourth-order valence-corrected chi connectivity index (χ4v) is 3.22. The summed E-state index contributed by atoms with van der Waals surface area (Å²) in [5.41, 5.74) is 2.94. The molecule has 1 aromatic carbocycles. The third kappa shape index (κ3) is 3.41. The molecule has 2 nitrogen and oxygen atoms in total. The molecule has 108 valence electrons. The number of hydrogen-bond acceptors (Lipinski definition) is 2. The second kappa shape index (κ2) is 5.97. The van der Waals surface area contributed by atoms with Crippen molar-refractivity contribution >= 4 is 0 Å². The molecule has 0 saturated carbocycles. The maximum Gasteiger partial charge on any atom is 0.0697 e. The molecule has 1 heterocycles. The van der Waals surface area contributed by atoms with Crippen molar-refractivity contribution in [2.24, 2.45) is 11.3 Å². The molecule has 1 saturated heterocycles. The molecular formula is C18H26N2. The van der Waals surface area contributed by atoms with E-state index >= 15 is 0 Å². The van der Waals surface area contributed by atoms with Gasteiger partial charge in [-0.3, -0.25) is 0 Å². The van der Waals surface area contributed by atoms with E-state index in [9.17, 15) is 5.26 Å². The lowest BCUT2D eigenvalue weighted by Gasteiger charge is -2.25. The Bertz CT molecular complexity index is 493. The number of hydrogen-bond donors (Lipinski definition) is 1. The summed E-state index contributed by atoms with van der Waals surface area (Å²) in [6, 6.07) is 11.6. The quantitative estimate of drug-likeness (QED) is 0.904. The predicted octanol–water partition coefficient (Wildman–Crippen LogP) is 3.88. The van der Waals surface area contributed by atoms with Crippen molar-refractivity contribution in [2.45, 2.75) is 52.5 Å². The van der Waals surface area contributed by atoms with E-state index < -0.39 is 0 Å². The Balaban J connectivity index is 2.19. The molecule has 3 atom stereocenters. The summed E-state index contributed by atoms with van der Waals surface area (Å²) in [6.45, 7) is 9.83. The van der Waals surface area contributed by atoms with E-state index in [1.807, 2.05) is 0 Å². The molecule has 20 heavy (non-hydrogen) atoms.